The summed E-state index contributed by atoms with van der Waals surface area (Å²) in [7, 11) is 0. The summed E-state index contributed by atoms with van der Waals surface area (Å²) in [5.74, 6) is 1.13. The molecule has 1 atom stereocenters. The standard InChI is InChI=1S/C23H30N2O2/c1-3-18(2)19-11-13-20(14-12-19)27-17-23(26)24-21-9-5-6-10-22(21)25-15-7-4-8-16-25/h5-6,9-14,18H,3-4,7-8,15-17H2,1-2H3,(H,24,26). The average molecular weight is 367 g/mol. The van der Waals surface area contributed by atoms with E-state index in [2.05, 4.69) is 42.3 Å². The maximum absolute atomic E-state index is 12.4. The minimum atomic E-state index is -0.134. The van der Waals surface area contributed by atoms with Gasteiger partial charge in [0, 0.05) is 13.1 Å². The summed E-state index contributed by atoms with van der Waals surface area (Å²) in [5.41, 5.74) is 3.26. The number of anilines is 2. The maximum atomic E-state index is 12.4. The summed E-state index contributed by atoms with van der Waals surface area (Å²) in [4.78, 5) is 14.7. The topological polar surface area (TPSA) is 41.6 Å². The van der Waals surface area contributed by atoms with Crippen LogP contribution < -0.4 is 15.0 Å². The first-order valence-electron chi connectivity index (χ1n) is 10.0. The molecule has 0 aromatic heterocycles. The van der Waals surface area contributed by atoms with Crippen LogP contribution in [-0.4, -0.2) is 25.6 Å². The smallest absolute Gasteiger partial charge is 0.262 e. The van der Waals surface area contributed by atoms with E-state index in [1.54, 1.807) is 0 Å². The molecular weight excluding hydrogens is 336 g/mol. The van der Waals surface area contributed by atoms with Crippen LogP contribution in [-0.2, 0) is 4.79 Å². The summed E-state index contributed by atoms with van der Waals surface area (Å²) in [6.45, 7) is 6.50. The molecule has 2 aromatic carbocycles. The molecule has 0 bridgehead atoms. The molecule has 2 aromatic rings. The third-order valence-electron chi connectivity index (χ3n) is 5.31. The summed E-state index contributed by atoms with van der Waals surface area (Å²) < 4.78 is 5.67. The van der Waals surface area contributed by atoms with Crippen LogP contribution >= 0.6 is 0 Å². The first kappa shape index (κ1) is 19.3. The Kier molecular flexibility index (Phi) is 6.74. The molecule has 1 heterocycles. The predicted molar refractivity (Wildman–Crippen MR) is 112 cm³/mol. The second-order valence-electron chi connectivity index (χ2n) is 7.28. The number of rotatable bonds is 7. The molecule has 3 rings (SSSR count). The first-order chi connectivity index (χ1) is 13.2. The minimum absolute atomic E-state index is 0.0109. The van der Waals surface area contributed by atoms with Gasteiger partial charge in [0.2, 0.25) is 0 Å². The van der Waals surface area contributed by atoms with E-state index in [0.29, 0.717) is 5.92 Å². The Balaban J connectivity index is 1.56. The Morgan fingerprint density at radius 1 is 1.07 bits per heavy atom. The summed E-state index contributed by atoms with van der Waals surface area (Å²) in [6.07, 6.45) is 4.81. The number of carbonyl (C=O) groups is 1. The van der Waals surface area contributed by atoms with Gasteiger partial charge in [-0.2, -0.15) is 0 Å². The van der Waals surface area contributed by atoms with Gasteiger partial charge in [-0.15, -0.1) is 0 Å². The zero-order chi connectivity index (χ0) is 19.1. The lowest BCUT2D eigenvalue weighted by atomic mass is 9.99. The summed E-state index contributed by atoms with van der Waals surface area (Å²) in [6, 6.07) is 16.1. The molecule has 4 heteroatoms. The van der Waals surface area contributed by atoms with E-state index in [-0.39, 0.29) is 12.5 Å². The van der Waals surface area contributed by atoms with E-state index >= 15 is 0 Å². The Labute approximate surface area is 162 Å². The van der Waals surface area contributed by atoms with Crippen molar-refractivity contribution in [1.82, 2.24) is 0 Å². The molecule has 1 fully saturated rings. The van der Waals surface area contributed by atoms with Crippen LogP contribution in [0.5, 0.6) is 5.75 Å². The number of para-hydroxylation sites is 2. The van der Waals surface area contributed by atoms with Crippen molar-refractivity contribution in [2.24, 2.45) is 0 Å². The molecule has 144 valence electrons. The highest BCUT2D eigenvalue weighted by atomic mass is 16.5. The van der Waals surface area contributed by atoms with Crippen LogP contribution in [0.1, 0.15) is 51.0 Å². The van der Waals surface area contributed by atoms with Crippen LogP contribution in [0.4, 0.5) is 11.4 Å². The minimum Gasteiger partial charge on any atom is -0.484 e. The third kappa shape index (κ3) is 5.25. The molecule has 0 aliphatic carbocycles. The van der Waals surface area contributed by atoms with Gasteiger partial charge in [-0.1, -0.05) is 38.1 Å². The molecule has 1 unspecified atom stereocenters. The Hall–Kier alpha value is -2.49. The number of carbonyl (C=O) groups excluding carboxylic acids is 1. The van der Waals surface area contributed by atoms with E-state index in [1.165, 1.54) is 24.8 Å². The predicted octanol–water partition coefficient (Wildman–Crippen LogP) is 5.21. The van der Waals surface area contributed by atoms with Gasteiger partial charge < -0.3 is 15.0 Å². The molecule has 0 radical (unpaired) electrons. The Morgan fingerprint density at radius 2 is 1.78 bits per heavy atom. The molecule has 27 heavy (non-hydrogen) atoms. The van der Waals surface area contributed by atoms with Crippen molar-refractivity contribution in [2.45, 2.75) is 45.4 Å². The van der Waals surface area contributed by atoms with Crippen molar-refractivity contribution in [2.75, 3.05) is 29.9 Å². The van der Waals surface area contributed by atoms with E-state index in [9.17, 15) is 4.79 Å². The highest BCUT2D eigenvalue weighted by Crippen LogP contribution is 2.28. The van der Waals surface area contributed by atoms with Gasteiger partial charge in [-0.3, -0.25) is 4.79 Å². The summed E-state index contributed by atoms with van der Waals surface area (Å²) in [5, 5.41) is 3.01. The van der Waals surface area contributed by atoms with Gasteiger partial charge in [-0.05, 0) is 61.4 Å². The van der Waals surface area contributed by atoms with Crippen molar-refractivity contribution in [3.63, 3.8) is 0 Å². The number of ether oxygens (including phenoxy) is 1. The number of nitrogens with one attached hydrogen (secondary N) is 1. The highest BCUT2D eigenvalue weighted by molar-refractivity contribution is 5.95. The van der Waals surface area contributed by atoms with Crippen molar-refractivity contribution in [3.8, 4) is 5.75 Å². The molecule has 4 nitrogen and oxygen atoms in total. The second-order valence-corrected chi connectivity index (χ2v) is 7.28. The van der Waals surface area contributed by atoms with Crippen molar-refractivity contribution in [3.05, 3.63) is 54.1 Å². The molecule has 1 aliphatic rings. The average Bonchev–Trinajstić information content (AvgIpc) is 2.73. The van der Waals surface area contributed by atoms with Crippen LogP contribution in [0.25, 0.3) is 0 Å². The zero-order valence-corrected chi connectivity index (χ0v) is 16.4. The molecular formula is C23H30N2O2. The molecule has 1 saturated heterocycles. The maximum Gasteiger partial charge on any atom is 0.262 e. The number of amides is 1. The SMILES string of the molecule is CCC(C)c1ccc(OCC(=O)Nc2ccccc2N2CCCCC2)cc1. The largest absolute Gasteiger partial charge is 0.484 e. The van der Waals surface area contributed by atoms with Gasteiger partial charge in [0.1, 0.15) is 5.75 Å². The van der Waals surface area contributed by atoms with E-state index in [1.807, 2.05) is 30.3 Å². The molecule has 0 saturated carbocycles. The molecule has 1 amide bonds. The van der Waals surface area contributed by atoms with E-state index < -0.39 is 0 Å². The lowest BCUT2D eigenvalue weighted by Crippen LogP contribution is -2.30. The van der Waals surface area contributed by atoms with Crippen LogP contribution in [0, 0.1) is 0 Å². The Bertz CT molecular complexity index is 736. The quantitative estimate of drug-likeness (QED) is 0.731. The molecule has 1 N–H and O–H groups in total. The normalized spacial score (nSPS) is 15.3. The van der Waals surface area contributed by atoms with Crippen molar-refractivity contribution < 1.29 is 9.53 Å². The molecule has 0 spiro atoms. The van der Waals surface area contributed by atoms with Gasteiger partial charge in [0.25, 0.3) is 5.91 Å². The van der Waals surface area contributed by atoms with Crippen molar-refractivity contribution in [1.29, 1.82) is 0 Å². The third-order valence-corrected chi connectivity index (χ3v) is 5.31. The van der Waals surface area contributed by atoms with Crippen LogP contribution in [0.2, 0.25) is 0 Å². The lowest BCUT2D eigenvalue weighted by Gasteiger charge is -2.30. The molecule has 1 aliphatic heterocycles. The monoisotopic (exact) mass is 366 g/mol. The van der Waals surface area contributed by atoms with Gasteiger partial charge in [-0.25, -0.2) is 0 Å². The lowest BCUT2D eigenvalue weighted by molar-refractivity contribution is -0.118. The van der Waals surface area contributed by atoms with Gasteiger partial charge in [0.05, 0.1) is 11.4 Å². The summed E-state index contributed by atoms with van der Waals surface area (Å²) >= 11 is 0. The van der Waals surface area contributed by atoms with Crippen molar-refractivity contribution >= 4 is 17.3 Å². The number of piperidine rings is 1. The fourth-order valence-corrected chi connectivity index (χ4v) is 3.45. The Morgan fingerprint density at radius 3 is 2.48 bits per heavy atom. The fraction of sp³-hybridized carbons (Fsp3) is 0.435. The van der Waals surface area contributed by atoms with Gasteiger partial charge >= 0.3 is 0 Å². The van der Waals surface area contributed by atoms with E-state index in [0.717, 1.165) is 36.6 Å². The van der Waals surface area contributed by atoms with Crippen LogP contribution in [0.3, 0.4) is 0 Å². The van der Waals surface area contributed by atoms with Gasteiger partial charge in [0.15, 0.2) is 6.61 Å². The number of hydrogen-bond donors (Lipinski definition) is 1. The second kappa shape index (κ2) is 9.45. The first-order valence-corrected chi connectivity index (χ1v) is 10.0. The highest BCUT2D eigenvalue weighted by Gasteiger charge is 2.15. The van der Waals surface area contributed by atoms with Crippen LogP contribution in [0.15, 0.2) is 48.5 Å². The van der Waals surface area contributed by atoms with E-state index in [4.69, 9.17) is 4.74 Å². The number of hydrogen-bond acceptors (Lipinski definition) is 3. The fourth-order valence-electron chi connectivity index (χ4n) is 3.45. The number of nitrogens with zero attached hydrogens (tertiary/aromatic N) is 1. The zero-order valence-electron chi connectivity index (χ0n) is 16.4. The number of benzene rings is 2.